The van der Waals surface area contributed by atoms with E-state index >= 15 is 0 Å². The summed E-state index contributed by atoms with van der Waals surface area (Å²) in [5.74, 6) is 0. The fourth-order valence-electron chi connectivity index (χ4n) is 1.72. The van der Waals surface area contributed by atoms with Gasteiger partial charge in [0, 0.05) is 18.0 Å². The zero-order valence-corrected chi connectivity index (χ0v) is 9.26. The Bertz CT molecular complexity index is 599. The van der Waals surface area contributed by atoms with Crippen LogP contribution in [0.5, 0.6) is 0 Å². The van der Waals surface area contributed by atoms with Crippen LogP contribution in [0.4, 0.5) is 0 Å². The molecule has 0 aromatic carbocycles. The summed E-state index contributed by atoms with van der Waals surface area (Å²) in [6, 6.07) is 1.91. The molecular formula is C11H10N4S. The molecule has 0 bridgehead atoms. The lowest BCUT2D eigenvalue weighted by Crippen LogP contribution is -2.10. The van der Waals surface area contributed by atoms with Gasteiger partial charge in [0.2, 0.25) is 0 Å². The summed E-state index contributed by atoms with van der Waals surface area (Å²) in [4.78, 5) is 4.10. The van der Waals surface area contributed by atoms with E-state index in [2.05, 4.69) is 15.5 Å². The summed E-state index contributed by atoms with van der Waals surface area (Å²) < 4.78 is 1.79. The third-order valence-electron chi connectivity index (χ3n) is 2.59. The monoisotopic (exact) mass is 230 g/mol. The molecule has 80 valence electrons. The van der Waals surface area contributed by atoms with Gasteiger partial charge in [-0.1, -0.05) is 0 Å². The quantitative estimate of drug-likeness (QED) is 0.730. The molecule has 3 aromatic rings. The van der Waals surface area contributed by atoms with Crippen molar-refractivity contribution >= 4 is 16.9 Å². The van der Waals surface area contributed by atoms with Crippen molar-refractivity contribution in [1.82, 2.24) is 14.6 Å². The van der Waals surface area contributed by atoms with Crippen LogP contribution in [0.25, 0.3) is 5.52 Å². The molecule has 3 aromatic heterocycles. The van der Waals surface area contributed by atoms with Crippen LogP contribution in [-0.2, 0) is 0 Å². The van der Waals surface area contributed by atoms with E-state index in [-0.39, 0.29) is 6.04 Å². The van der Waals surface area contributed by atoms with Crippen molar-refractivity contribution < 1.29 is 0 Å². The smallest absolute Gasteiger partial charge is 0.0896 e. The van der Waals surface area contributed by atoms with Gasteiger partial charge in [-0.3, -0.25) is 4.98 Å². The largest absolute Gasteiger partial charge is 0.320 e. The molecule has 0 aliphatic rings. The van der Waals surface area contributed by atoms with Crippen molar-refractivity contribution in [3.63, 3.8) is 0 Å². The normalized spacial score (nSPS) is 13.1. The minimum absolute atomic E-state index is 0.132. The van der Waals surface area contributed by atoms with Crippen molar-refractivity contribution in [1.29, 1.82) is 0 Å². The highest BCUT2D eigenvalue weighted by molar-refractivity contribution is 7.08. The van der Waals surface area contributed by atoms with Gasteiger partial charge < -0.3 is 5.73 Å². The molecule has 0 fully saturated rings. The number of fused-ring (bicyclic) bond motifs is 1. The second-order valence-electron chi connectivity index (χ2n) is 3.54. The van der Waals surface area contributed by atoms with Crippen LogP contribution in [0.15, 0.2) is 41.6 Å². The van der Waals surface area contributed by atoms with Crippen LogP contribution >= 0.6 is 11.3 Å². The maximum absolute atomic E-state index is 6.20. The second-order valence-corrected chi connectivity index (χ2v) is 4.32. The lowest BCUT2D eigenvalue weighted by molar-refractivity contribution is 0.885. The van der Waals surface area contributed by atoms with Gasteiger partial charge in [-0.2, -0.15) is 16.4 Å². The topological polar surface area (TPSA) is 56.2 Å². The summed E-state index contributed by atoms with van der Waals surface area (Å²) in [7, 11) is 0. The molecule has 5 heteroatoms. The van der Waals surface area contributed by atoms with E-state index in [1.54, 1.807) is 34.4 Å². The minimum atomic E-state index is -0.132. The number of rotatable bonds is 2. The van der Waals surface area contributed by atoms with Crippen LogP contribution in [0.2, 0.25) is 0 Å². The molecule has 0 aliphatic carbocycles. The predicted molar refractivity (Wildman–Crippen MR) is 63.3 cm³/mol. The highest BCUT2D eigenvalue weighted by Crippen LogP contribution is 2.24. The van der Waals surface area contributed by atoms with E-state index in [4.69, 9.17) is 5.73 Å². The van der Waals surface area contributed by atoms with E-state index in [9.17, 15) is 0 Å². The van der Waals surface area contributed by atoms with Crippen molar-refractivity contribution in [2.75, 3.05) is 0 Å². The lowest BCUT2D eigenvalue weighted by atomic mass is 10.0. The number of aromatic nitrogens is 3. The SMILES string of the molecule is NC(c1ccsc1)c1cnn2ccncc12. The Morgan fingerprint density at radius 1 is 1.38 bits per heavy atom. The van der Waals surface area contributed by atoms with E-state index in [0.717, 1.165) is 16.6 Å². The first-order chi connectivity index (χ1) is 7.86. The van der Waals surface area contributed by atoms with E-state index in [0.29, 0.717) is 0 Å². The van der Waals surface area contributed by atoms with Gasteiger partial charge in [0.05, 0.1) is 24.0 Å². The molecule has 0 radical (unpaired) electrons. The van der Waals surface area contributed by atoms with Crippen LogP contribution in [0, 0.1) is 0 Å². The summed E-state index contributed by atoms with van der Waals surface area (Å²) in [5.41, 5.74) is 9.28. The van der Waals surface area contributed by atoms with Gasteiger partial charge in [-0.05, 0) is 22.4 Å². The van der Waals surface area contributed by atoms with Crippen LogP contribution < -0.4 is 5.73 Å². The number of nitrogens with zero attached hydrogens (tertiary/aromatic N) is 3. The average Bonchev–Trinajstić information content (AvgIpc) is 2.98. The standard InChI is InChI=1S/C11H10N4S/c12-11(8-1-4-16-7-8)9-5-14-15-3-2-13-6-10(9)15/h1-7,11H,12H2. The predicted octanol–water partition coefficient (Wildman–Crippen LogP) is 1.84. The van der Waals surface area contributed by atoms with Gasteiger partial charge in [0.15, 0.2) is 0 Å². The zero-order chi connectivity index (χ0) is 11.0. The number of hydrogen-bond donors (Lipinski definition) is 1. The van der Waals surface area contributed by atoms with Crippen LogP contribution in [0.1, 0.15) is 17.2 Å². The highest BCUT2D eigenvalue weighted by atomic mass is 32.1. The maximum atomic E-state index is 6.20. The lowest BCUT2D eigenvalue weighted by Gasteiger charge is -2.07. The first-order valence-electron chi connectivity index (χ1n) is 4.91. The van der Waals surface area contributed by atoms with Crippen molar-refractivity contribution in [3.05, 3.63) is 52.7 Å². The Morgan fingerprint density at radius 3 is 3.12 bits per heavy atom. The molecule has 16 heavy (non-hydrogen) atoms. The summed E-state index contributed by atoms with van der Waals surface area (Å²) in [6.45, 7) is 0. The molecule has 1 atom stereocenters. The Morgan fingerprint density at radius 2 is 2.31 bits per heavy atom. The molecule has 0 amide bonds. The summed E-state index contributed by atoms with van der Waals surface area (Å²) in [5, 5.41) is 8.34. The Balaban J connectivity index is 2.12. The highest BCUT2D eigenvalue weighted by Gasteiger charge is 2.14. The first kappa shape index (κ1) is 9.50. The second kappa shape index (κ2) is 3.70. The van der Waals surface area contributed by atoms with Crippen molar-refractivity contribution in [2.45, 2.75) is 6.04 Å². The molecule has 2 N–H and O–H groups in total. The Hall–Kier alpha value is -1.72. The van der Waals surface area contributed by atoms with Gasteiger partial charge in [-0.15, -0.1) is 0 Å². The number of nitrogens with two attached hydrogens (primary N) is 1. The first-order valence-corrected chi connectivity index (χ1v) is 5.85. The van der Waals surface area contributed by atoms with Gasteiger partial charge >= 0.3 is 0 Å². The van der Waals surface area contributed by atoms with Crippen molar-refractivity contribution in [2.24, 2.45) is 5.73 Å². The molecule has 4 nitrogen and oxygen atoms in total. The van der Waals surface area contributed by atoms with Gasteiger partial charge in [0.1, 0.15) is 0 Å². The average molecular weight is 230 g/mol. The third kappa shape index (κ3) is 1.41. The Labute approximate surface area is 96.4 Å². The van der Waals surface area contributed by atoms with Crippen LogP contribution in [-0.4, -0.2) is 14.6 Å². The molecule has 3 heterocycles. The fraction of sp³-hybridized carbons (Fsp3) is 0.0909. The van der Waals surface area contributed by atoms with Crippen LogP contribution in [0.3, 0.4) is 0 Å². The zero-order valence-electron chi connectivity index (χ0n) is 8.45. The summed E-state index contributed by atoms with van der Waals surface area (Å²) >= 11 is 1.65. The van der Waals surface area contributed by atoms with Gasteiger partial charge in [0.25, 0.3) is 0 Å². The van der Waals surface area contributed by atoms with Crippen molar-refractivity contribution in [3.8, 4) is 0 Å². The molecule has 0 saturated heterocycles. The molecule has 0 saturated carbocycles. The molecular weight excluding hydrogens is 220 g/mol. The number of hydrogen-bond acceptors (Lipinski definition) is 4. The van der Waals surface area contributed by atoms with E-state index in [1.807, 2.05) is 17.6 Å². The molecule has 0 aliphatic heterocycles. The van der Waals surface area contributed by atoms with E-state index in [1.165, 1.54) is 0 Å². The summed E-state index contributed by atoms with van der Waals surface area (Å²) in [6.07, 6.45) is 7.12. The minimum Gasteiger partial charge on any atom is -0.320 e. The van der Waals surface area contributed by atoms with Gasteiger partial charge in [-0.25, -0.2) is 4.52 Å². The molecule has 0 spiro atoms. The fourth-order valence-corrected chi connectivity index (χ4v) is 2.42. The van der Waals surface area contributed by atoms with E-state index < -0.39 is 0 Å². The molecule has 1 unspecified atom stereocenters. The Kier molecular flexibility index (Phi) is 2.19. The third-order valence-corrected chi connectivity index (χ3v) is 3.29. The number of thiophene rings is 1. The maximum Gasteiger partial charge on any atom is 0.0896 e. The molecule has 3 rings (SSSR count).